The third kappa shape index (κ3) is 1.90. The lowest BCUT2D eigenvalue weighted by Gasteiger charge is -2.26. The summed E-state index contributed by atoms with van der Waals surface area (Å²) in [6.45, 7) is 6.18. The summed E-state index contributed by atoms with van der Waals surface area (Å²) in [6.07, 6.45) is 0. The zero-order valence-corrected chi connectivity index (χ0v) is 9.29. The smallest absolute Gasteiger partial charge is 0.122 e. The summed E-state index contributed by atoms with van der Waals surface area (Å²) in [4.78, 5) is 0. The van der Waals surface area contributed by atoms with Crippen LogP contribution in [0.15, 0.2) is 18.2 Å². The molecule has 1 N–H and O–H groups in total. The fourth-order valence-corrected chi connectivity index (χ4v) is 1.76. The van der Waals surface area contributed by atoms with Crippen LogP contribution >= 0.6 is 0 Å². The number of methoxy groups -OCH3 is 1. The highest BCUT2D eigenvalue weighted by Crippen LogP contribution is 2.33. The molecule has 0 spiro atoms. The van der Waals surface area contributed by atoms with Crippen molar-refractivity contribution in [2.24, 2.45) is 0 Å². The van der Waals surface area contributed by atoms with Gasteiger partial charge in [0.1, 0.15) is 5.75 Å². The minimum Gasteiger partial charge on any atom is -0.496 e. The second kappa shape index (κ2) is 4.01. The third-order valence-corrected chi connectivity index (χ3v) is 2.53. The normalized spacial score (nSPS) is 11.5. The van der Waals surface area contributed by atoms with Gasteiger partial charge in [0.05, 0.1) is 13.7 Å². The van der Waals surface area contributed by atoms with Crippen molar-refractivity contribution >= 4 is 0 Å². The summed E-state index contributed by atoms with van der Waals surface area (Å²) in [5, 5.41) is 9.34. The Morgan fingerprint density at radius 1 is 1.36 bits per heavy atom. The Bertz CT molecular complexity index is 316. The molecule has 0 atom stereocenters. The van der Waals surface area contributed by atoms with Crippen molar-refractivity contribution < 1.29 is 9.84 Å². The first-order valence-electron chi connectivity index (χ1n) is 4.78. The molecule has 0 fully saturated rings. The number of aliphatic hydroxyl groups is 1. The molecule has 0 aliphatic rings. The van der Waals surface area contributed by atoms with E-state index in [2.05, 4.69) is 0 Å². The second-order valence-electron chi connectivity index (χ2n) is 4.19. The van der Waals surface area contributed by atoms with Crippen LogP contribution in [-0.2, 0) is 5.41 Å². The van der Waals surface area contributed by atoms with E-state index < -0.39 is 0 Å². The zero-order valence-electron chi connectivity index (χ0n) is 9.29. The Hall–Kier alpha value is -1.02. The lowest BCUT2D eigenvalue weighted by molar-refractivity contribution is 0.214. The molecule has 0 bridgehead atoms. The summed E-state index contributed by atoms with van der Waals surface area (Å²) >= 11 is 0. The highest BCUT2D eigenvalue weighted by Gasteiger charge is 2.25. The van der Waals surface area contributed by atoms with Gasteiger partial charge in [-0.1, -0.05) is 26.0 Å². The van der Waals surface area contributed by atoms with E-state index in [9.17, 15) is 5.11 Å². The Kier molecular flexibility index (Phi) is 3.17. The van der Waals surface area contributed by atoms with Crippen molar-refractivity contribution in [3.05, 3.63) is 29.3 Å². The summed E-state index contributed by atoms with van der Waals surface area (Å²) < 4.78 is 5.30. The van der Waals surface area contributed by atoms with Crippen LogP contribution in [0.25, 0.3) is 0 Å². The van der Waals surface area contributed by atoms with Crippen LogP contribution in [0.2, 0.25) is 0 Å². The predicted molar refractivity (Wildman–Crippen MR) is 57.8 cm³/mol. The van der Waals surface area contributed by atoms with Crippen molar-refractivity contribution in [1.82, 2.24) is 0 Å². The van der Waals surface area contributed by atoms with Crippen LogP contribution in [0.3, 0.4) is 0 Å². The average Bonchev–Trinajstić information content (AvgIpc) is 2.17. The van der Waals surface area contributed by atoms with Gasteiger partial charge in [0.15, 0.2) is 0 Å². The molecule has 1 aromatic rings. The molecular weight excluding hydrogens is 176 g/mol. The minimum absolute atomic E-state index is 0.119. The van der Waals surface area contributed by atoms with Crippen molar-refractivity contribution in [1.29, 1.82) is 0 Å². The Morgan fingerprint density at radius 2 is 2.00 bits per heavy atom. The molecule has 14 heavy (non-hydrogen) atoms. The fraction of sp³-hybridized carbons (Fsp3) is 0.500. The van der Waals surface area contributed by atoms with Crippen LogP contribution < -0.4 is 4.74 Å². The van der Waals surface area contributed by atoms with Gasteiger partial charge in [0, 0.05) is 11.0 Å². The van der Waals surface area contributed by atoms with Gasteiger partial charge < -0.3 is 9.84 Å². The lowest BCUT2D eigenvalue weighted by Crippen LogP contribution is -2.24. The molecule has 0 amide bonds. The van der Waals surface area contributed by atoms with Crippen LogP contribution in [0, 0.1) is 6.92 Å². The molecule has 0 aliphatic heterocycles. The predicted octanol–water partition coefficient (Wildman–Crippen LogP) is 2.27. The van der Waals surface area contributed by atoms with E-state index >= 15 is 0 Å². The Labute approximate surface area is 85.5 Å². The number of benzene rings is 1. The van der Waals surface area contributed by atoms with Gasteiger partial charge in [0.2, 0.25) is 0 Å². The molecule has 2 nitrogen and oxygen atoms in total. The van der Waals surface area contributed by atoms with E-state index in [0.29, 0.717) is 0 Å². The summed E-state index contributed by atoms with van der Waals surface area (Å²) in [5.74, 6) is 0.851. The fourth-order valence-electron chi connectivity index (χ4n) is 1.76. The van der Waals surface area contributed by atoms with Gasteiger partial charge in [-0.25, -0.2) is 0 Å². The van der Waals surface area contributed by atoms with E-state index in [4.69, 9.17) is 4.74 Å². The molecule has 0 saturated heterocycles. The standard InChI is InChI=1S/C12H18O2/c1-9-6-5-7-10(14-4)11(9)12(2,3)8-13/h5-7,13H,8H2,1-4H3. The van der Waals surface area contributed by atoms with E-state index in [-0.39, 0.29) is 12.0 Å². The van der Waals surface area contributed by atoms with Crippen LogP contribution in [0.4, 0.5) is 0 Å². The molecule has 0 aliphatic carbocycles. The maximum absolute atomic E-state index is 9.34. The zero-order chi connectivity index (χ0) is 10.8. The molecule has 0 saturated carbocycles. The number of hydrogen-bond donors (Lipinski definition) is 1. The molecule has 0 radical (unpaired) electrons. The van der Waals surface area contributed by atoms with Gasteiger partial charge >= 0.3 is 0 Å². The number of ether oxygens (including phenoxy) is 1. The first kappa shape index (κ1) is 11.1. The quantitative estimate of drug-likeness (QED) is 0.799. The van der Waals surface area contributed by atoms with Gasteiger partial charge in [-0.3, -0.25) is 0 Å². The molecule has 0 unspecified atom stereocenters. The first-order valence-corrected chi connectivity index (χ1v) is 4.78. The van der Waals surface area contributed by atoms with Gasteiger partial charge in [-0.15, -0.1) is 0 Å². The monoisotopic (exact) mass is 194 g/mol. The Morgan fingerprint density at radius 3 is 2.50 bits per heavy atom. The first-order chi connectivity index (χ1) is 6.53. The van der Waals surface area contributed by atoms with E-state index in [1.54, 1.807) is 7.11 Å². The maximum Gasteiger partial charge on any atom is 0.122 e. The topological polar surface area (TPSA) is 29.5 Å². The third-order valence-electron chi connectivity index (χ3n) is 2.53. The van der Waals surface area contributed by atoms with E-state index in [1.165, 1.54) is 0 Å². The van der Waals surface area contributed by atoms with Crippen LogP contribution in [0.5, 0.6) is 5.75 Å². The molecule has 1 aromatic carbocycles. The van der Waals surface area contributed by atoms with Gasteiger partial charge in [-0.05, 0) is 18.6 Å². The van der Waals surface area contributed by atoms with Gasteiger partial charge in [0.25, 0.3) is 0 Å². The van der Waals surface area contributed by atoms with E-state index in [0.717, 1.165) is 16.9 Å². The SMILES string of the molecule is COc1cccc(C)c1C(C)(C)CO. The average molecular weight is 194 g/mol. The lowest BCUT2D eigenvalue weighted by atomic mass is 9.82. The van der Waals surface area contributed by atoms with Gasteiger partial charge in [-0.2, -0.15) is 0 Å². The largest absolute Gasteiger partial charge is 0.496 e. The minimum atomic E-state index is -0.253. The molecule has 2 heteroatoms. The molecular formula is C12H18O2. The molecule has 0 aromatic heterocycles. The van der Waals surface area contributed by atoms with Crippen LogP contribution in [0.1, 0.15) is 25.0 Å². The van der Waals surface area contributed by atoms with Crippen LogP contribution in [-0.4, -0.2) is 18.8 Å². The number of aryl methyl sites for hydroxylation is 1. The molecule has 0 heterocycles. The maximum atomic E-state index is 9.34. The van der Waals surface area contributed by atoms with Crippen molar-refractivity contribution in [2.45, 2.75) is 26.2 Å². The van der Waals surface area contributed by atoms with E-state index in [1.807, 2.05) is 39.0 Å². The van der Waals surface area contributed by atoms with Crippen molar-refractivity contribution in [2.75, 3.05) is 13.7 Å². The summed E-state index contributed by atoms with van der Waals surface area (Å²) in [5.41, 5.74) is 1.99. The highest BCUT2D eigenvalue weighted by molar-refractivity contribution is 5.44. The number of aliphatic hydroxyl groups excluding tert-OH is 1. The highest BCUT2D eigenvalue weighted by atomic mass is 16.5. The summed E-state index contributed by atoms with van der Waals surface area (Å²) in [6, 6.07) is 5.93. The molecule has 78 valence electrons. The van der Waals surface area contributed by atoms with Crippen molar-refractivity contribution in [3.63, 3.8) is 0 Å². The molecule has 1 rings (SSSR count). The Balaban J connectivity index is 3.30. The number of hydrogen-bond acceptors (Lipinski definition) is 2. The summed E-state index contributed by atoms with van der Waals surface area (Å²) in [7, 11) is 1.66. The number of rotatable bonds is 3. The van der Waals surface area contributed by atoms with Crippen molar-refractivity contribution in [3.8, 4) is 5.75 Å². The second-order valence-corrected chi connectivity index (χ2v) is 4.19.